The number of carbonyl (C=O) groups excluding carboxylic acids is 2. The number of aryl methyl sites for hydroxylation is 1. The van der Waals surface area contributed by atoms with Gasteiger partial charge in [-0.2, -0.15) is 13.2 Å². The SMILES string of the molecule is CCCc1nnc(C[C@H](C[C@H](O)CN2CCN(C(C)(C)c3ncc(-c4ccc(Cl)cc4)o3)C[C@H]2C(=O)NCC(F)(F)F)C(=O)N[C@H]2CCOC[C@H]2O)o1. The number of benzene rings is 1. The van der Waals surface area contributed by atoms with Crippen molar-refractivity contribution in [1.82, 2.24) is 35.6 Å². The van der Waals surface area contributed by atoms with Crippen LogP contribution >= 0.6 is 11.6 Å². The topological polar surface area (TPSA) is 179 Å². The Hall–Kier alpha value is -3.61. The molecule has 2 aliphatic rings. The molecule has 53 heavy (non-hydrogen) atoms. The Morgan fingerprint density at radius 2 is 1.85 bits per heavy atom. The highest BCUT2D eigenvalue weighted by Gasteiger charge is 2.43. The summed E-state index contributed by atoms with van der Waals surface area (Å²) in [6.07, 6.45) is -3.51. The van der Waals surface area contributed by atoms with Gasteiger partial charge in [0.25, 0.3) is 0 Å². The number of aromatic nitrogens is 3. The maximum atomic E-state index is 13.6. The van der Waals surface area contributed by atoms with E-state index in [0.29, 0.717) is 48.6 Å². The average molecular weight is 770 g/mol. The van der Waals surface area contributed by atoms with E-state index in [1.54, 1.807) is 35.4 Å². The minimum Gasteiger partial charge on any atom is -0.439 e. The fraction of sp³-hybridized carbons (Fsp3) is 0.629. The van der Waals surface area contributed by atoms with Crippen LogP contribution in [0.5, 0.6) is 0 Å². The van der Waals surface area contributed by atoms with Crippen molar-refractivity contribution in [1.29, 1.82) is 0 Å². The van der Waals surface area contributed by atoms with Crippen molar-refractivity contribution in [3.63, 3.8) is 0 Å². The van der Waals surface area contributed by atoms with Gasteiger partial charge >= 0.3 is 6.18 Å². The monoisotopic (exact) mass is 769 g/mol. The van der Waals surface area contributed by atoms with Crippen LogP contribution < -0.4 is 10.6 Å². The molecule has 0 unspecified atom stereocenters. The number of amides is 2. The lowest BCUT2D eigenvalue weighted by Gasteiger charge is -2.46. The zero-order valence-electron chi connectivity index (χ0n) is 29.9. The number of aliphatic hydroxyl groups excluding tert-OH is 2. The molecule has 2 saturated heterocycles. The summed E-state index contributed by atoms with van der Waals surface area (Å²) in [5.74, 6) is -0.704. The van der Waals surface area contributed by atoms with E-state index in [2.05, 4.69) is 20.5 Å². The number of alkyl halides is 3. The largest absolute Gasteiger partial charge is 0.439 e. The number of oxazole rings is 1. The summed E-state index contributed by atoms with van der Waals surface area (Å²) in [6, 6.07) is 5.38. The molecule has 14 nitrogen and oxygen atoms in total. The molecule has 2 aliphatic heterocycles. The van der Waals surface area contributed by atoms with E-state index in [1.165, 1.54) is 0 Å². The van der Waals surface area contributed by atoms with Crippen LogP contribution in [0.15, 0.2) is 39.3 Å². The lowest BCUT2D eigenvalue weighted by Crippen LogP contribution is -2.63. The number of carbonyl (C=O) groups is 2. The molecule has 292 valence electrons. The second-order valence-electron chi connectivity index (χ2n) is 14.1. The number of nitrogens with zero attached hydrogens (tertiary/aromatic N) is 5. The van der Waals surface area contributed by atoms with Crippen LogP contribution in [-0.2, 0) is 32.7 Å². The molecular formula is C35H47ClF3N7O7. The molecule has 5 rings (SSSR count). The number of rotatable bonds is 15. The maximum absolute atomic E-state index is 13.6. The number of nitrogens with one attached hydrogen (secondary N) is 2. The Morgan fingerprint density at radius 1 is 1.11 bits per heavy atom. The van der Waals surface area contributed by atoms with Crippen LogP contribution in [0.3, 0.4) is 0 Å². The van der Waals surface area contributed by atoms with E-state index in [-0.39, 0.29) is 45.0 Å². The molecule has 2 aromatic heterocycles. The highest BCUT2D eigenvalue weighted by atomic mass is 35.5. The molecule has 4 heterocycles. The molecule has 4 N–H and O–H groups in total. The van der Waals surface area contributed by atoms with Gasteiger partial charge < -0.3 is 34.4 Å². The molecule has 0 spiro atoms. The van der Waals surface area contributed by atoms with Crippen molar-refractivity contribution in [2.75, 3.05) is 45.9 Å². The van der Waals surface area contributed by atoms with Gasteiger partial charge in [0.2, 0.25) is 29.5 Å². The molecule has 5 atom stereocenters. The Bertz CT molecular complexity index is 1650. The van der Waals surface area contributed by atoms with E-state index >= 15 is 0 Å². The van der Waals surface area contributed by atoms with Crippen molar-refractivity contribution < 1.29 is 46.5 Å². The van der Waals surface area contributed by atoms with E-state index in [1.807, 2.05) is 31.0 Å². The molecule has 0 aliphatic carbocycles. The predicted molar refractivity (Wildman–Crippen MR) is 185 cm³/mol. The Balaban J connectivity index is 1.31. The standard InChI is InChI=1S/C35H47ClF3N7O7/c1-4-5-29-43-44-30(53-29)15-22(31(49)42-25-10-13-51-19-27(25)48)14-24(47)17-45-11-12-46(18-26(45)32(50)41-20-35(37,38)39)34(2,3)33-40-16-28(52-33)21-6-8-23(36)9-7-21/h6-9,16,22,24-27,47-48H,4-5,10-15,17-20H2,1-3H3,(H,41,50)(H,42,49)/t22-,24-,25-,26-,27+/m0/s1. The highest BCUT2D eigenvalue weighted by Crippen LogP contribution is 2.33. The van der Waals surface area contributed by atoms with E-state index in [0.717, 1.165) is 12.0 Å². The average Bonchev–Trinajstić information content (AvgIpc) is 3.79. The fourth-order valence-corrected chi connectivity index (χ4v) is 6.71. The number of ether oxygens (including phenoxy) is 1. The zero-order chi connectivity index (χ0) is 38.3. The Kier molecular flexibility index (Phi) is 13.5. The van der Waals surface area contributed by atoms with Gasteiger partial charge in [-0.1, -0.05) is 18.5 Å². The van der Waals surface area contributed by atoms with Crippen molar-refractivity contribution in [2.24, 2.45) is 5.92 Å². The third-order valence-corrected chi connectivity index (χ3v) is 9.88. The smallest absolute Gasteiger partial charge is 0.405 e. The molecule has 0 bridgehead atoms. The Labute approximate surface area is 310 Å². The number of hydrogen-bond acceptors (Lipinski definition) is 12. The van der Waals surface area contributed by atoms with Crippen LogP contribution in [0.4, 0.5) is 13.2 Å². The summed E-state index contributed by atoms with van der Waals surface area (Å²) in [5.41, 5.74) is -0.125. The molecule has 3 aromatic rings. The van der Waals surface area contributed by atoms with Gasteiger partial charge in [0, 0.05) is 62.1 Å². The number of hydrogen-bond donors (Lipinski definition) is 4. The second kappa shape index (κ2) is 17.7. The normalized spacial score (nSPS) is 21.6. The van der Waals surface area contributed by atoms with Crippen LogP contribution in [0, 0.1) is 5.92 Å². The molecule has 2 fully saturated rings. The number of β-amino-alcohol motifs (C(OH)–C–C–N with tert-alkyl or cyclic N) is 1. The summed E-state index contributed by atoms with van der Waals surface area (Å²) < 4.78 is 56.7. The van der Waals surface area contributed by atoms with Gasteiger partial charge in [-0.05, 0) is 57.4 Å². The quantitative estimate of drug-likeness (QED) is 0.178. The molecular weight excluding hydrogens is 723 g/mol. The molecule has 0 radical (unpaired) electrons. The summed E-state index contributed by atoms with van der Waals surface area (Å²) in [5, 5.41) is 35.3. The van der Waals surface area contributed by atoms with E-state index in [9.17, 15) is 33.0 Å². The summed E-state index contributed by atoms with van der Waals surface area (Å²) >= 11 is 6.02. The minimum absolute atomic E-state index is 0.00415. The van der Waals surface area contributed by atoms with Crippen LogP contribution in [0.2, 0.25) is 5.02 Å². The second-order valence-corrected chi connectivity index (χ2v) is 14.5. The van der Waals surface area contributed by atoms with Gasteiger partial charge in [0.1, 0.15) is 12.6 Å². The summed E-state index contributed by atoms with van der Waals surface area (Å²) in [4.78, 5) is 35.0. The van der Waals surface area contributed by atoms with Crippen molar-refractivity contribution in [3.05, 3.63) is 53.2 Å². The summed E-state index contributed by atoms with van der Waals surface area (Å²) in [6.45, 7) is 5.00. The zero-order valence-corrected chi connectivity index (χ0v) is 30.7. The first kappa shape index (κ1) is 40.6. The van der Waals surface area contributed by atoms with Gasteiger partial charge in [0.05, 0.1) is 36.6 Å². The maximum Gasteiger partial charge on any atom is 0.405 e. The molecule has 2 amide bonds. The van der Waals surface area contributed by atoms with Gasteiger partial charge in [0.15, 0.2) is 5.76 Å². The van der Waals surface area contributed by atoms with Crippen LogP contribution in [-0.4, -0.2) is 123 Å². The van der Waals surface area contributed by atoms with Gasteiger partial charge in [-0.15, -0.1) is 10.2 Å². The summed E-state index contributed by atoms with van der Waals surface area (Å²) in [7, 11) is 0. The van der Waals surface area contributed by atoms with Crippen LogP contribution in [0.1, 0.15) is 57.7 Å². The number of halogens is 4. The van der Waals surface area contributed by atoms with Crippen LogP contribution in [0.25, 0.3) is 11.3 Å². The fourth-order valence-electron chi connectivity index (χ4n) is 6.59. The van der Waals surface area contributed by atoms with Crippen molar-refractivity contribution in [3.8, 4) is 11.3 Å². The molecule has 18 heteroatoms. The first-order valence-corrected chi connectivity index (χ1v) is 18.1. The lowest BCUT2D eigenvalue weighted by atomic mass is 9.94. The Morgan fingerprint density at radius 3 is 2.55 bits per heavy atom. The number of aliphatic hydroxyl groups is 2. The lowest BCUT2D eigenvalue weighted by molar-refractivity contribution is -0.145. The van der Waals surface area contributed by atoms with Crippen molar-refractivity contribution in [2.45, 2.75) is 88.9 Å². The third-order valence-electron chi connectivity index (χ3n) is 9.63. The van der Waals surface area contributed by atoms with E-state index < -0.39 is 60.3 Å². The van der Waals surface area contributed by atoms with E-state index in [4.69, 9.17) is 25.2 Å². The minimum atomic E-state index is -4.63. The van der Waals surface area contributed by atoms with Crippen molar-refractivity contribution >= 4 is 23.4 Å². The molecule has 0 saturated carbocycles. The molecule has 1 aromatic carbocycles. The number of piperazine rings is 1. The van der Waals surface area contributed by atoms with Gasteiger partial charge in [-0.25, -0.2) is 4.98 Å². The predicted octanol–water partition coefficient (Wildman–Crippen LogP) is 3.11. The highest BCUT2D eigenvalue weighted by molar-refractivity contribution is 6.30. The first-order valence-electron chi connectivity index (χ1n) is 17.7. The third kappa shape index (κ3) is 11.0. The first-order chi connectivity index (χ1) is 25.1. The van der Waals surface area contributed by atoms with Gasteiger partial charge in [-0.3, -0.25) is 19.4 Å².